The number of allylic oxidation sites excluding steroid dienone is 1. The highest BCUT2D eigenvalue weighted by molar-refractivity contribution is 5.34. The highest BCUT2D eigenvalue weighted by Crippen LogP contribution is 2.19. The van der Waals surface area contributed by atoms with Crippen molar-refractivity contribution in [2.75, 3.05) is 39.5 Å². The van der Waals surface area contributed by atoms with Gasteiger partial charge < -0.3 is 14.6 Å². The van der Waals surface area contributed by atoms with Crippen molar-refractivity contribution in [1.82, 2.24) is 4.90 Å². The minimum absolute atomic E-state index is 0.311. The molecule has 1 saturated heterocycles. The zero-order valence-corrected chi connectivity index (χ0v) is 11.8. The summed E-state index contributed by atoms with van der Waals surface area (Å²) in [5.41, 5.74) is 1.10. The van der Waals surface area contributed by atoms with E-state index in [-0.39, 0.29) is 0 Å². The number of rotatable bonds is 7. The lowest BCUT2D eigenvalue weighted by molar-refractivity contribution is 0.00459. The summed E-state index contributed by atoms with van der Waals surface area (Å²) in [6.07, 6.45) is 2.15. The Balaban J connectivity index is 1.80. The van der Waals surface area contributed by atoms with Crippen LogP contribution in [0.2, 0.25) is 0 Å². The van der Waals surface area contributed by atoms with Crippen LogP contribution in [-0.2, 0) is 11.2 Å². The number of aliphatic hydroxyl groups is 1. The van der Waals surface area contributed by atoms with Crippen LogP contribution in [0.5, 0.6) is 5.75 Å². The molecule has 1 aromatic rings. The molecule has 0 unspecified atom stereocenters. The van der Waals surface area contributed by atoms with Gasteiger partial charge in [0, 0.05) is 19.6 Å². The SMILES string of the molecule is C=CCc1ccccc1OC[C@@H](O)CN1CCOCC1. The van der Waals surface area contributed by atoms with Crippen molar-refractivity contribution < 1.29 is 14.6 Å². The first-order chi connectivity index (χ1) is 9.79. The van der Waals surface area contributed by atoms with Gasteiger partial charge in [-0.2, -0.15) is 0 Å². The molecule has 1 aliphatic rings. The maximum atomic E-state index is 10.1. The summed E-state index contributed by atoms with van der Waals surface area (Å²) >= 11 is 0. The third kappa shape index (κ3) is 4.63. The topological polar surface area (TPSA) is 41.9 Å². The van der Waals surface area contributed by atoms with Crippen molar-refractivity contribution >= 4 is 0 Å². The number of hydrogen-bond acceptors (Lipinski definition) is 4. The number of para-hydroxylation sites is 1. The first kappa shape index (κ1) is 15.0. The second-order valence-corrected chi connectivity index (χ2v) is 4.98. The predicted molar refractivity (Wildman–Crippen MR) is 79.1 cm³/mol. The molecule has 1 fully saturated rings. The lowest BCUT2D eigenvalue weighted by atomic mass is 10.1. The van der Waals surface area contributed by atoms with Crippen LogP contribution in [0.1, 0.15) is 5.56 Å². The Hall–Kier alpha value is -1.36. The van der Waals surface area contributed by atoms with Crippen molar-refractivity contribution in [2.45, 2.75) is 12.5 Å². The summed E-state index contributed by atoms with van der Waals surface area (Å²) in [4.78, 5) is 2.20. The number of ether oxygens (including phenoxy) is 2. The molecule has 0 aliphatic carbocycles. The number of β-amino-alcohol motifs (C(OH)–C–C–N with tert-alkyl or cyclic N) is 1. The van der Waals surface area contributed by atoms with E-state index >= 15 is 0 Å². The van der Waals surface area contributed by atoms with Crippen molar-refractivity contribution in [2.24, 2.45) is 0 Å². The van der Waals surface area contributed by atoms with Crippen LogP contribution in [0.15, 0.2) is 36.9 Å². The van der Waals surface area contributed by atoms with Gasteiger partial charge in [-0.25, -0.2) is 0 Å². The number of nitrogens with zero attached hydrogens (tertiary/aromatic N) is 1. The first-order valence-electron chi connectivity index (χ1n) is 7.09. The molecule has 1 heterocycles. The Labute approximate surface area is 120 Å². The summed E-state index contributed by atoms with van der Waals surface area (Å²) in [6.45, 7) is 7.94. The van der Waals surface area contributed by atoms with Gasteiger partial charge in [-0.3, -0.25) is 4.90 Å². The molecule has 0 spiro atoms. The normalized spacial score (nSPS) is 17.6. The second-order valence-electron chi connectivity index (χ2n) is 4.98. The highest BCUT2D eigenvalue weighted by Gasteiger charge is 2.15. The second kappa shape index (κ2) is 8.04. The van der Waals surface area contributed by atoms with Gasteiger partial charge in [-0.15, -0.1) is 6.58 Å². The van der Waals surface area contributed by atoms with Crippen LogP contribution >= 0.6 is 0 Å². The zero-order valence-electron chi connectivity index (χ0n) is 11.8. The van der Waals surface area contributed by atoms with E-state index in [0.717, 1.165) is 44.0 Å². The molecule has 0 radical (unpaired) electrons. The molecule has 20 heavy (non-hydrogen) atoms. The summed E-state index contributed by atoms with van der Waals surface area (Å²) in [5.74, 6) is 0.827. The van der Waals surface area contributed by atoms with Gasteiger partial charge in [0.1, 0.15) is 18.5 Å². The minimum Gasteiger partial charge on any atom is -0.491 e. The van der Waals surface area contributed by atoms with Crippen molar-refractivity contribution in [3.05, 3.63) is 42.5 Å². The monoisotopic (exact) mass is 277 g/mol. The maximum Gasteiger partial charge on any atom is 0.122 e. The van der Waals surface area contributed by atoms with E-state index in [4.69, 9.17) is 9.47 Å². The number of hydrogen-bond donors (Lipinski definition) is 1. The zero-order chi connectivity index (χ0) is 14.2. The summed E-state index contributed by atoms with van der Waals surface area (Å²) < 4.78 is 11.0. The van der Waals surface area contributed by atoms with Crippen LogP contribution in [0.25, 0.3) is 0 Å². The van der Waals surface area contributed by atoms with Gasteiger partial charge in [-0.1, -0.05) is 24.3 Å². The fourth-order valence-electron chi connectivity index (χ4n) is 2.29. The third-order valence-corrected chi connectivity index (χ3v) is 3.34. The Morgan fingerprint density at radius 1 is 1.35 bits per heavy atom. The van der Waals surface area contributed by atoms with Gasteiger partial charge in [0.2, 0.25) is 0 Å². The van der Waals surface area contributed by atoms with Crippen molar-refractivity contribution in [3.63, 3.8) is 0 Å². The van der Waals surface area contributed by atoms with E-state index in [2.05, 4.69) is 11.5 Å². The molecule has 4 nitrogen and oxygen atoms in total. The molecule has 0 saturated carbocycles. The molecule has 110 valence electrons. The van der Waals surface area contributed by atoms with E-state index in [1.807, 2.05) is 30.3 Å². The van der Waals surface area contributed by atoms with Crippen LogP contribution < -0.4 is 4.74 Å². The molecule has 0 bridgehead atoms. The van der Waals surface area contributed by atoms with E-state index in [0.29, 0.717) is 13.2 Å². The van der Waals surface area contributed by atoms with Gasteiger partial charge in [-0.05, 0) is 18.1 Å². The molecular weight excluding hydrogens is 254 g/mol. The Morgan fingerprint density at radius 2 is 2.10 bits per heavy atom. The molecule has 0 amide bonds. The van der Waals surface area contributed by atoms with Crippen LogP contribution in [0, 0.1) is 0 Å². The lowest BCUT2D eigenvalue weighted by Gasteiger charge is -2.28. The predicted octanol–water partition coefficient (Wildman–Crippen LogP) is 1.49. The van der Waals surface area contributed by atoms with Crippen LogP contribution in [0.4, 0.5) is 0 Å². The smallest absolute Gasteiger partial charge is 0.122 e. The molecule has 1 atom stereocenters. The molecule has 0 aromatic heterocycles. The fourth-order valence-corrected chi connectivity index (χ4v) is 2.29. The first-order valence-corrected chi connectivity index (χ1v) is 7.09. The number of morpholine rings is 1. The van der Waals surface area contributed by atoms with E-state index < -0.39 is 6.10 Å². The average molecular weight is 277 g/mol. The molecular formula is C16H23NO3. The molecule has 2 rings (SSSR count). The van der Waals surface area contributed by atoms with E-state index in [1.54, 1.807) is 0 Å². The third-order valence-electron chi connectivity index (χ3n) is 3.34. The summed E-state index contributed by atoms with van der Waals surface area (Å²) in [6, 6.07) is 7.87. The summed E-state index contributed by atoms with van der Waals surface area (Å²) in [7, 11) is 0. The van der Waals surface area contributed by atoms with E-state index in [1.165, 1.54) is 0 Å². The Bertz CT molecular complexity index is 416. The minimum atomic E-state index is -0.482. The van der Waals surface area contributed by atoms with Gasteiger partial charge in [0.25, 0.3) is 0 Å². The van der Waals surface area contributed by atoms with E-state index in [9.17, 15) is 5.11 Å². The molecule has 1 aliphatic heterocycles. The molecule has 4 heteroatoms. The number of benzene rings is 1. The Morgan fingerprint density at radius 3 is 2.85 bits per heavy atom. The lowest BCUT2D eigenvalue weighted by Crippen LogP contribution is -2.42. The molecule has 1 aromatic carbocycles. The average Bonchev–Trinajstić information content (AvgIpc) is 2.48. The Kier molecular flexibility index (Phi) is 6.05. The molecule has 1 N–H and O–H groups in total. The quantitative estimate of drug-likeness (QED) is 0.767. The standard InChI is InChI=1S/C16H23NO3/c1-2-5-14-6-3-4-7-16(14)20-13-15(18)12-17-8-10-19-11-9-17/h2-4,6-7,15,18H,1,5,8-13H2/t15-/m0/s1. The maximum absolute atomic E-state index is 10.1. The fraction of sp³-hybridized carbons (Fsp3) is 0.500. The van der Waals surface area contributed by atoms with Gasteiger partial charge in [0.15, 0.2) is 0 Å². The van der Waals surface area contributed by atoms with Crippen LogP contribution in [-0.4, -0.2) is 55.6 Å². The van der Waals surface area contributed by atoms with Gasteiger partial charge >= 0.3 is 0 Å². The number of aliphatic hydroxyl groups excluding tert-OH is 1. The largest absolute Gasteiger partial charge is 0.491 e. The van der Waals surface area contributed by atoms with Crippen molar-refractivity contribution in [3.8, 4) is 5.75 Å². The van der Waals surface area contributed by atoms with Crippen molar-refractivity contribution in [1.29, 1.82) is 0 Å². The highest BCUT2D eigenvalue weighted by atomic mass is 16.5. The van der Waals surface area contributed by atoms with Gasteiger partial charge in [0.05, 0.1) is 13.2 Å². The summed E-state index contributed by atoms with van der Waals surface area (Å²) in [5, 5.41) is 10.1. The van der Waals surface area contributed by atoms with Crippen LogP contribution in [0.3, 0.4) is 0 Å².